The molecule has 8 nitrogen and oxygen atoms in total. The monoisotopic (exact) mass is 304 g/mol. The topological polar surface area (TPSA) is 179 Å². The number of rotatable bonds is 2. The molecule has 0 bridgehead atoms. The van der Waals surface area contributed by atoms with E-state index in [1.165, 1.54) is 36.4 Å². The average molecular weight is 304 g/mol. The summed E-state index contributed by atoms with van der Waals surface area (Å²) in [5.74, 6) is -2.03. The summed E-state index contributed by atoms with van der Waals surface area (Å²) >= 11 is 0. The van der Waals surface area contributed by atoms with Crippen molar-refractivity contribution >= 4 is 34.7 Å². The van der Waals surface area contributed by atoms with Gasteiger partial charge in [-0.25, -0.2) is 9.59 Å². The highest BCUT2D eigenvalue weighted by Gasteiger charge is 2.03. The Labute approximate surface area is 125 Å². The normalized spacial score (nSPS) is 9.45. The van der Waals surface area contributed by atoms with Gasteiger partial charge in [-0.3, -0.25) is 0 Å². The standard InChI is InChI=1S/2C7H8N2O2/c8-5-1-4(7(10)11)2-6(9)3-5;8-5-2-1-4(7(10)11)3-6(5)9/h2*1-3H,8-9H2,(H,10,11). The largest absolute Gasteiger partial charge is 0.478 e. The highest BCUT2D eigenvalue weighted by atomic mass is 16.4. The molecule has 0 amide bonds. The van der Waals surface area contributed by atoms with Crippen molar-refractivity contribution in [2.75, 3.05) is 22.9 Å². The first kappa shape index (κ1) is 16.6. The van der Waals surface area contributed by atoms with Crippen molar-refractivity contribution in [3.05, 3.63) is 47.5 Å². The summed E-state index contributed by atoms with van der Waals surface area (Å²) in [6.45, 7) is 0. The number of benzene rings is 2. The summed E-state index contributed by atoms with van der Waals surface area (Å²) in [7, 11) is 0. The SMILES string of the molecule is Nc1cc(N)cc(C(=O)O)c1.Nc1ccc(C(=O)O)cc1N. The molecule has 2 aromatic rings. The smallest absolute Gasteiger partial charge is 0.335 e. The molecule has 0 fully saturated rings. The molecule has 0 aliphatic carbocycles. The van der Waals surface area contributed by atoms with E-state index >= 15 is 0 Å². The number of anilines is 4. The minimum atomic E-state index is -1.02. The number of nitrogen functional groups attached to an aromatic ring is 4. The Hall–Kier alpha value is -3.42. The summed E-state index contributed by atoms with van der Waals surface area (Å²) in [6.07, 6.45) is 0. The number of hydrogen-bond donors (Lipinski definition) is 6. The lowest BCUT2D eigenvalue weighted by Gasteiger charge is -1.99. The van der Waals surface area contributed by atoms with E-state index in [9.17, 15) is 9.59 Å². The summed E-state index contributed by atoms with van der Waals surface area (Å²) in [5, 5.41) is 17.0. The van der Waals surface area contributed by atoms with Crippen LogP contribution in [0.25, 0.3) is 0 Å². The summed E-state index contributed by atoms with van der Waals surface area (Å²) < 4.78 is 0. The molecule has 0 radical (unpaired) electrons. The second-order valence-electron chi connectivity index (χ2n) is 4.34. The van der Waals surface area contributed by atoms with E-state index in [-0.39, 0.29) is 11.1 Å². The molecule has 0 atom stereocenters. The van der Waals surface area contributed by atoms with Gasteiger partial charge in [-0.15, -0.1) is 0 Å². The van der Waals surface area contributed by atoms with E-state index in [1.54, 1.807) is 0 Å². The molecule has 2 aromatic carbocycles. The van der Waals surface area contributed by atoms with Crippen molar-refractivity contribution in [2.45, 2.75) is 0 Å². The first-order chi connectivity index (χ1) is 10.2. The molecule has 0 unspecified atom stereocenters. The summed E-state index contributed by atoms with van der Waals surface area (Å²) in [4.78, 5) is 20.8. The van der Waals surface area contributed by atoms with E-state index in [4.69, 9.17) is 33.1 Å². The van der Waals surface area contributed by atoms with Crippen molar-refractivity contribution in [3.8, 4) is 0 Å². The third-order valence-electron chi connectivity index (χ3n) is 2.56. The lowest BCUT2D eigenvalue weighted by Crippen LogP contribution is -2.00. The molecule has 2 rings (SSSR count). The van der Waals surface area contributed by atoms with Gasteiger partial charge in [0.15, 0.2) is 0 Å². The quantitative estimate of drug-likeness (QED) is 0.446. The molecule has 8 heteroatoms. The van der Waals surface area contributed by atoms with Crippen molar-refractivity contribution in [1.29, 1.82) is 0 Å². The summed E-state index contributed by atoms with van der Waals surface area (Å²) in [6, 6.07) is 8.44. The maximum Gasteiger partial charge on any atom is 0.335 e. The Morgan fingerprint density at radius 3 is 1.59 bits per heavy atom. The van der Waals surface area contributed by atoms with E-state index in [0.717, 1.165) is 0 Å². The zero-order valence-corrected chi connectivity index (χ0v) is 11.5. The van der Waals surface area contributed by atoms with Gasteiger partial charge in [0.05, 0.1) is 22.5 Å². The van der Waals surface area contributed by atoms with Gasteiger partial charge in [-0.05, 0) is 36.4 Å². The Morgan fingerprint density at radius 2 is 1.18 bits per heavy atom. The maximum absolute atomic E-state index is 10.4. The predicted octanol–water partition coefficient (Wildman–Crippen LogP) is 1.10. The molecule has 0 heterocycles. The molecule has 10 N–H and O–H groups in total. The zero-order valence-electron chi connectivity index (χ0n) is 11.5. The van der Waals surface area contributed by atoms with Crippen LogP contribution in [0.5, 0.6) is 0 Å². The van der Waals surface area contributed by atoms with E-state index in [2.05, 4.69) is 0 Å². The fraction of sp³-hybridized carbons (Fsp3) is 0. The van der Waals surface area contributed by atoms with Crippen LogP contribution < -0.4 is 22.9 Å². The van der Waals surface area contributed by atoms with Crippen LogP contribution in [0.2, 0.25) is 0 Å². The van der Waals surface area contributed by atoms with Crippen LogP contribution in [0.1, 0.15) is 20.7 Å². The van der Waals surface area contributed by atoms with Crippen LogP contribution in [0.3, 0.4) is 0 Å². The number of carboxylic acids is 2. The number of carboxylic acid groups (broad SMARTS) is 2. The van der Waals surface area contributed by atoms with Gasteiger partial charge in [0.2, 0.25) is 0 Å². The van der Waals surface area contributed by atoms with Gasteiger partial charge >= 0.3 is 11.9 Å². The van der Waals surface area contributed by atoms with Crippen LogP contribution in [0.4, 0.5) is 22.7 Å². The highest BCUT2D eigenvalue weighted by Crippen LogP contribution is 2.15. The molecule has 22 heavy (non-hydrogen) atoms. The van der Waals surface area contributed by atoms with Gasteiger partial charge in [0, 0.05) is 11.4 Å². The molecule has 0 saturated heterocycles. The molecule has 0 aliphatic heterocycles. The average Bonchev–Trinajstić information content (AvgIpc) is 2.41. The highest BCUT2D eigenvalue weighted by molar-refractivity contribution is 5.90. The van der Waals surface area contributed by atoms with Crippen LogP contribution in [-0.4, -0.2) is 22.2 Å². The first-order valence-electron chi connectivity index (χ1n) is 5.98. The van der Waals surface area contributed by atoms with Gasteiger partial charge in [0.25, 0.3) is 0 Å². The number of aromatic carboxylic acids is 2. The lowest BCUT2D eigenvalue weighted by atomic mass is 10.2. The van der Waals surface area contributed by atoms with Crippen LogP contribution in [0.15, 0.2) is 36.4 Å². The molecule has 0 saturated carbocycles. The van der Waals surface area contributed by atoms with Crippen molar-refractivity contribution < 1.29 is 19.8 Å². The zero-order chi connectivity index (χ0) is 16.9. The molecule has 0 spiro atoms. The molecule has 0 aromatic heterocycles. The van der Waals surface area contributed by atoms with E-state index < -0.39 is 11.9 Å². The summed E-state index contributed by atoms with van der Waals surface area (Å²) in [5.41, 5.74) is 23.1. The molecule has 0 aliphatic rings. The Bertz CT molecular complexity index is 696. The van der Waals surface area contributed by atoms with Gasteiger partial charge in [-0.2, -0.15) is 0 Å². The van der Waals surface area contributed by atoms with Gasteiger partial charge < -0.3 is 33.1 Å². The van der Waals surface area contributed by atoms with Crippen molar-refractivity contribution in [1.82, 2.24) is 0 Å². The Morgan fingerprint density at radius 1 is 0.682 bits per heavy atom. The lowest BCUT2D eigenvalue weighted by molar-refractivity contribution is 0.0686. The fourth-order valence-corrected chi connectivity index (χ4v) is 1.51. The van der Waals surface area contributed by atoms with Gasteiger partial charge in [0.1, 0.15) is 0 Å². The number of carbonyl (C=O) groups is 2. The van der Waals surface area contributed by atoms with Crippen molar-refractivity contribution in [2.24, 2.45) is 0 Å². The van der Waals surface area contributed by atoms with Crippen LogP contribution in [0, 0.1) is 0 Å². The van der Waals surface area contributed by atoms with E-state index in [0.29, 0.717) is 22.7 Å². The Kier molecular flexibility index (Phi) is 5.17. The first-order valence-corrected chi connectivity index (χ1v) is 5.98. The van der Waals surface area contributed by atoms with Crippen molar-refractivity contribution in [3.63, 3.8) is 0 Å². The third kappa shape index (κ3) is 4.60. The third-order valence-corrected chi connectivity index (χ3v) is 2.56. The number of hydrogen-bond acceptors (Lipinski definition) is 6. The number of nitrogens with two attached hydrogens (primary N) is 4. The minimum absolute atomic E-state index is 0.113. The second kappa shape index (κ2) is 6.84. The van der Waals surface area contributed by atoms with Gasteiger partial charge in [-0.1, -0.05) is 0 Å². The second-order valence-corrected chi connectivity index (χ2v) is 4.34. The van der Waals surface area contributed by atoms with Crippen LogP contribution in [-0.2, 0) is 0 Å². The minimum Gasteiger partial charge on any atom is -0.478 e. The maximum atomic E-state index is 10.4. The fourth-order valence-electron chi connectivity index (χ4n) is 1.51. The van der Waals surface area contributed by atoms with E-state index in [1.807, 2.05) is 0 Å². The molecule has 116 valence electrons. The predicted molar refractivity (Wildman–Crippen MR) is 84.5 cm³/mol. The van der Waals surface area contributed by atoms with Crippen LogP contribution >= 0.6 is 0 Å². The Balaban J connectivity index is 0.000000220. The molecular formula is C14H16N4O4. The molecular weight excluding hydrogens is 288 g/mol.